The highest BCUT2D eigenvalue weighted by Gasteiger charge is 2.20. The number of methoxy groups -OCH3 is 1. The molecule has 0 amide bonds. The largest absolute Gasteiger partial charge is 0.496 e. The van der Waals surface area contributed by atoms with Crippen LogP contribution in [0, 0.1) is 12.7 Å². The van der Waals surface area contributed by atoms with Crippen LogP contribution in [0.25, 0.3) is 11.3 Å². The summed E-state index contributed by atoms with van der Waals surface area (Å²) in [4.78, 5) is 10.8. The molecule has 0 saturated heterocycles. The van der Waals surface area contributed by atoms with Gasteiger partial charge < -0.3 is 14.4 Å². The maximum Gasteiger partial charge on any atom is 0.374 e. The van der Waals surface area contributed by atoms with Crippen LogP contribution in [-0.2, 0) is 0 Å². The molecule has 5 nitrogen and oxygen atoms in total. The number of carbonyl (C=O) groups is 1. The summed E-state index contributed by atoms with van der Waals surface area (Å²) in [6.07, 6.45) is 0. The third-order valence-corrected chi connectivity index (χ3v) is 3.17. The van der Waals surface area contributed by atoms with Crippen LogP contribution in [-0.4, -0.2) is 23.3 Å². The quantitative estimate of drug-likeness (QED) is 0.935. The average Bonchev–Trinajstić information content (AvgIpc) is 2.85. The van der Waals surface area contributed by atoms with E-state index in [1.165, 1.54) is 19.2 Å². The summed E-state index contributed by atoms with van der Waals surface area (Å²) in [5, 5.41) is 12.4. The molecule has 1 heterocycles. The first-order valence-corrected chi connectivity index (χ1v) is 5.98. The molecule has 0 fully saturated rings. The van der Waals surface area contributed by atoms with Crippen molar-refractivity contribution in [2.75, 3.05) is 7.11 Å². The Labute approximate surface area is 116 Å². The van der Waals surface area contributed by atoms with E-state index in [1.54, 1.807) is 6.92 Å². The van der Waals surface area contributed by atoms with Gasteiger partial charge in [-0.05, 0) is 28.9 Å². The van der Waals surface area contributed by atoms with Crippen molar-refractivity contribution in [2.45, 2.75) is 6.92 Å². The SMILES string of the molecule is COc1c(-c2cc(C(=O)O)on2)cc(Br)c(F)c1C. The molecule has 0 aliphatic heterocycles. The number of hydrogen-bond acceptors (Lipinski definition) is 4. The second-order valence-electron chi connectivity index (χ2n) is 3.76. The highest BCUT2D eigenvalue weighted by molar-refractivity contribution is 9.10. The molecule has 0 bridgehead atoms. The minimum absolute atomic E-state index is 0.237. The summed E-state index contributed by atoms with van der Waals surface area (Å²) in [5.74, 6) is -1.68. The predicted molar refractivity (Wildman–Crippen MR) is 67.8 cm³/mol. The van der Waals surface area contributed by atoms with Crippen LogP contribution in [0.3, 0.4) is 0 Å². The number of carboxylic acids is 1. The molecule has 1 N–H and O–H groups in total. The summed E-state index contributed by atoms with van der Waals surface area (Å²) < 4.78 is 23.8. The third kappa shape index (κ3) is 2.33. The van der Waals surface area contributed by atoms with E-state index in [-0.39, 0.29) is 21.7 Å². The maximum atomic E-state index is 13.7. The number of ether oxygens (including phenoxy) is 1. The summed E-state index contributed by atoms with van der Waals surface area (Å²) in [6.45, 7) is 1.56. The molecule has 1 aromatic carbocycles. The number of carboxylic acid groups (broad SMARTS) is 1. The van der Waals surface area contributed by atoms with Gasteiger partial charge in [-0.2, -0.15) is 0 Å². The Morgan fingerprint density at radius 3 is 2.74 bits per heavy atom. The minimum atomic E-state index is -1.23. The van der Waals surface area contributed by atoms with Gasteiger partial charge in [0.05, 0.1) is 11.6 Å². The Kier molecular flexibility index (Phi) is 3.57. The summed E-state index contributed by atoms with van der Waals surface area (Å²) in [5.41, 5.74) is 1.01. The Balaban J connectivity index is 2.63. The average molecular weight is 330 g/mol. The zero-order valence-corrected chi connectivity index (χ0v) is 11.6. The number of aromatic nitrogens is 1. The van der Waals surface area contributed by atoms with Gasteiger partial charge in [0.25, 0.3) is 0 Å². The number of aromatic carboxylic acids is 1. The lowest BCUT2D eigenvalue weighted by Crippen LogP contribution is -1.96. The Morgan fingerprint density at radius 1 is 1.53 bits per heavy atom. The number of benzene rings is 1. The van der Waals surface area contributed by atoms with Gasteiger partial charge >= 0.3 is 5.97 Å². The van der Waals surface area contributed by atoms with Crippen molar-refractivity contribution in [3.8, 4) is 17.0 Å². The van der Waals surface area contributed by atoms with E-state index in [9.17, 15) is 9.18 Å². The number of halogens is 2. The summed E-state index contributed by atoms with van der Waals surface area (Å²) in [7, 11) is 1.40. The zero-order chi connectivity index (χ0) is 14.2. The molecule has 2 rings (SSSR count). The second kappa shape index (κ2) is 5.00. The van der Waals surface area contributed by atoms with E-state index in [0.29, 0.717) is 11.1 Å². The lowest BCUT2D eigenvalue weighted by Gasteiger charge is -2.11. The fourth-order valence-corrected chi connectivity index (χ4v) is 2.22. The predicted octanol–water partition coefficient (Wildman–Crippen LogP) is 3.26. The highest BCUT2D eigenvalue weighted by atomic mass is 79.9. The fraction of sp³-hybridized carbons (Fsp3) is 0.167. The molecular formula is C12H9BrFNO4. The van der Waals surface area contributed by atoms with Gasteiger partial charge in [-0.15, -0.1) is 0 Å². The third-order valence-electron chi connectivity index (χ3n) is 2.60. The standard InChI is InChI=1S/C12H9BrFNO4/c1-5-10(14)7(13)3-6(11(5)18-2)8-4-9(12(16)17)19-15-8/h3-4H,1-2H3,(H,16,17). The van der Waals surface area contributed by atoms with Crippen LogP contribution in [0.1, 0.15) is 16.1 Å². The van der Waals surface area contributed by atoms with Crippen molar-refractivity contribution < 1.29 is 23.6 Å². The topological polar surface area (TPSA) is 72.6 Å². The molecule has 19 heavy (non-hydrogen) atoms. The molecule has 7 heteroatoms. The van der Waals surface area contributed by atoms with Crippen molar-refractivity contribution in [1.29, 1.82) is 0 Å². The van der Waals surface area contributed by atoms with E-state index in [2.05, 4.69) is 25.6 Å². The van der Waals surface area contributed by atoms with Crippen LogP contribution in [0.5, 0.6) is 5.75 Å². The van der Waals surface area contributed by atoms with Crippen LogP contribution in [0.2, 0.25) is 0 Å². The molecule has 2 aromatic rings. The van der Waals surface area contributed by atoms with E-state index in [4.69, 9.17) is 9.84 Å². The molecular weight excluding hydrogens is 321 g/mol. The molecule has 0 unspecified atom stereocenters. The second-order valence-corrected chi connectivity index (χ2v) is 4.61. The van der Waals surface area contributed by atoms with Gasteiger partial charge in [0.2, 0.25) is 5.76 Å². The van der Waals surface area contributed by atoms with Crippen molar-refractivity contribution >= 4 is 21.9 Å². The van der Waals surface area contributed by atoms with Crippen LogP contribution < -0.4 is 4.74 Å². The number of rotatable bonds is 3. The maximum absolute atomic E-state index is 13.7. The molecule has 0 atom stereocenters. The smallest absolute Gasteiger partial charge is 0.374 e. The first kappa shape index (κ1) is 13.5. The fourth-order valence-electron chi connectivity index (χ4n) is 1.69. The Hall–Kier alpha value is -1.89. The first-order valence-electron chi connectivity index (χ1n) is 5.18. The normalized spacial score (nSPS) is 10.5. The van der Waals surface area contributed by atoms with Gasteiger partial charge in [-0.3, -0.25) is 0 Å². The Bertz CT molecular complexity index is 653. The lowest BCUT2D eigenvalue weighted by molar-refractivity contribution is 0.0652. The number of hydrogen-bond donors (Lipinski definition) is 1. The minimum Gasteiger partial charge on any atom is -0.496 e. The number of nitrogens with zero attached hydrogens (tertiary/aromatic N) is 1. The van der Waals surface area contributed by atoms with Crippen LogP contribution in [0.15, 0.2) is 21.1 Å². The van der Waals surface area contributed by atoms with E-state index < -0.39 is 11.8 Å². The van der Waals surface area contributed by atoms with Crippen LogP contribution >= 0.6 is 15.9 Å². The molecule has 0 spiro atoms. The molecule has 0 radical (unpaired) electrons. The van der Waals surface area contributed by atoms with Gasteiger partial charge in [0.15, 0.2) is 0 Å². The van der Waals surface area contributed by atoms with Crippen molar-refractivity contribution in [2.24, 2.45) is 0 Å². The van der Waals surface area contributed by atoms with Gasteiger partial charge in [0.1, 0.15) is 17.3 Å². The molecule has 0 saturated carbocycles. The van der Waals surface area contributed by atoms with Crippen molar-refractivity contribution in [3.05, 3.63) is 33.7 Å². The highest BCUT2D eigenvalue weighted by Crippen LogP contribution is 2.37. The molecule has 0 aliphatic carbocycles. The lowest BCUT2D eigenvalue weighted by atomic mass is 10.1. The van der Waals surface area contributed by atoms with Gasteiger partial charge in [-0.25, -0.2) is 9.18 Å². The Morgan fingerprint density at radius 2 is 2.21 bits per heavy atom. The van der Waals surface area contributed by atoms with Gasteiger partial charge in [0, 0.05) is 17.2 Å². The first-order chi connectivity index (χ1) is 8.95. The van der Waals surface area contributed by atoms with Gasteiger partial charge in [-0.1, -0.05) is 5.16 Å². The monoisotopic (exact) mass is 329 g/mol. The van der Waals surface area contributed by atoms with E-state index in [1.807, 2.05) is 0 Å². The van der Waals surface area contributed by atoms with E-state index >= 15 is 0 Å². The van der Waals surface area contributed by atoms with Crippen molar-refractivity contribution in [3.63, 3.8) is 0 Å². The van der Waals surface area contributed by atoms with Crippen molar-refractivity contribution in [1.82, 2.24) is 5.16 Å². The molecule has 1 aromatic heterocycles. The van der Waals surface area contributed by atoms with E-state index in [0.717, 1.165) is 0 Å². The van der Waals surface area contributed by atoms with Crippen LogP contribution in [0.4, 0.5) is 4.39 Å². The summed E-state index contributed by atoms with van der Waals surface area (Å²) >= 11 is 3.09. The summed E-state index contributed by atoms with van der Waals surface area (Å²) in [6, 6.07) is 2.72. The molecule has 0 aliphatic rings. The zero-order valence-electron chi connectivity index (χ0n) is 10.0. The molecule has 100 valence electrons.